The van der Waals surface area contributed by atoms with Gasteiger partial charge in [-0.05, 0) is 32.3 Å². The van der Waals surface area contributed by atoms with E-state index in [-0.39, 0.29) is 47.4 Å². The summed E-state index contributed by atoms with van der Waals surface area (Å²) in [5, 5.41) is 11.4. The molecule has 2 heterocycles. The molecule has 0 saturated heterocycles. The molecular formula is C28H28O6. The van der Waals surface area contributed by atoms with E-state index in [0.29, 0.717) is 34.0 Å². The number of aromatic hydroxyl groups is 1. The smallest absolute Gasteiger partial charge is 0.174 e. The van der Waals surface area contributed by atoms with Gasteiger partial charge in [0.05, 0.1) is 18.3 Å². The summed E-state index contributed by atoms with van der Waals surface area (Å²) in [7, 11) is 0. The van der Waals surface area contributed by atoms with E-state index < -0.39 is 17.4 Å². The van der Waals surface area contributed by atoms with Crippen molar-refractivity contribution < 1.29 is 29.0 Å². The zero-order valence-corrected chi connectivity index (χ0v) is 20.0. The average Bonchev–Trinajstić information content (AvgIpc) is 2.80. The van der Waals surface area contributed by atoms with E-state index in [2.05, 4.69) is 0 Å². The number of ether oxygens (including phenoxy) is 2. The number of carbonyl (C=O) groups is 3. The lowest BCUT2D eigenvalue weighted by Gasteiger charge is -2.42. The molecule has 0 spiro atoms. The standard InChI is InChI=1S/C28H28O6/c1-13(2)20-21-17(30)12-19(31)28(4,5)27(21)34-26-14(3)25-22(24(32)23(20)26)16(29)11-18(33-25)15-9-7-6-8-10-15/h6-10,13,18,20,32H,11-12H2,1-5H3. The van der Waals surface area contributed by atoms with Gasteiger partial charge in [-0.15, -0.1) is 0 Å². The molecule has 176 valence electrons. The van der Waals surface area contributed by atoms with Crippen molar-refractivity contribution in [3.05, 3.63) is 63.9 Å². The second-order valence-electron chi connectivity index (χ2n) is 10.3. The highest BCUT2D eigenvalue weighted by Gasteiger charge is 2.51. The van der Waals surface area contributed by atoms with Crippen LogP contribution >= 0.6 is 0 Å². The van der Waals surface area contributed by atoms with Crippen LogP contribution in [0.3, 0.4) is 0 Å². The van der Waals surface area contributed by atoms with Gasteiger partial charge in [0.2, 0.25) is 0 Å². The summed E-state index contributed by atoms with van der Waals surface area (Å²) in [4.78, 5) is 39.1. The number of allylic oxidation sites excluding steroid dienone is 2. The molecule has 0 amide bonds. The van der Waals surface area contributed by atoms with Crippen molar-refractivity contribution in [2.24, 2.45) is 11.3 Å². The second kappa shape index (κ2) is 7.55. The van der Waals surface area contributed by atoms with Gasteiger partial charge in [-0.3, -0.25) is 14.4 Å². The number of fused-ring (bicyclic) bond motifs is 2. The first kappa shape index (κ1) is 22.4. The maximum atomic E-state index is 13.3. The topological polar surface area (TPSA) is 89.9 Å². The fourth-order valence-electron chi connectivity index (χ4n) is 5.44. The molecule has 0 fully saturated rings. The van der Waals surface area contributed by atoms with Crippen LogP contribution in [0.25, 0.3) is 0 Å². The Bertz CT molecular complexity index is 1280. The van der Waals surface area contributed by atoms with Gasteiger partial charge >= 0.3 is 0 Å². The molecule has 34 heavy (non-hydrogen) atoms. The first-order valence-corrected chi connectivity index (χ1v) is 11.7. The van der Waals surface area contributed by atoms with E-state index in [9.17, 15) is 19.5 Å². The maximum Gasteiger partial charge on any atom is 0.174 e. The van der Waals surface area contributed by atoms with Gasteiger partial charge in [0.1, 0.15) is 34.7 Å². The van der Waals surface area contributed by atoms with Gasteiger partial charge in [0, 0.05) is 22.6 Å². The number of hydrogen-bond donors (Lipinski definition) is 1. The summed E-state index contributed by atoms with van der Waals surface area (Å²) < 4.78 is 12.6. The molecular weight excluding hydrogens is 432 g/mol. The van der Waals surface area contributed by atoms with Crippen LogP contribution in [0.2, 0.25) is 0 Å². The van der Waals surface area contributed by atoms with Crippen LogP contribution in [0.5, 0.6) is 17.2 Å². The van der Waals surface area contributed by atoms with Crippen LogP contribution in [-0.4, -0.2) is 22.5 Å². The number of phenolic OH excluding ortho intramolecular Hbond substituents is 1. The second-order valence-corrected chi connectivity index (χ2v) is 10.3. The van der Waals surface area contributed by atoms with Crippen LogP contribution in [0.1, 0.15) is 79.6 Å². The fourth-order valence-corrected chi connectivity index (χ4v) is 5.44. The lowest BCUT2D eigenvalue weighted by molar-refractivity contribution is -0.132. The van der Waals surface area contributed by atoms with Gasteiger partial charge < -0.3 is 14.6 Å². The Morgan fingerprint density at radius 3 is 2.35 bits per heavy atom. The van der Waals surface area contributed by atoms with Gasteiger partial charge in [0.25, 0.3) is 0 Å². The number of phenols is 1. The summed E-state index contributed by atoms with van der Waals surface area (Å²) in [5.41, 5.74) is 1.46. The fraction of sp³-hybridized carbons (Fsp3) is 0.393. The third kappa shape index (κ3) is 3.04. The van der Waals surface area contributed by atoms with Gasteiger partial charge in [-0.2, -0.15) is 0 Å². The SMILES string of the molecule is Cc1c2c(c(O)c3c1OC1=C(C(=O)CC(=O)C1(C)C)C3C(C)C)C(=O)CC(c1ccccc1)O2. The lowest BCUT2D eigenvalue weighted by Crippen LogP contribution is -2.42. The minimum absolute atomic E-state index is 0.0827. The Balaban J connectivity index is 1.73. The summed E-state index contributed by atoms with van der Waals surface area (Å²) in [5.74, 6) is -0.481. The number of benzene rings is 2. The number of ketones is 3. The van der Waals surface area contributed by atoms with Gasteiger partial charge in [0.15, 0.2) is 17.3 Å². The van der Waals surface area contributed by atoms with Crippen molar-refractivity contribution in [1.82, 2.24) is 0 Å². The Hall–Kier alpha value is -3.41. The summed E-state index contributed by atoms with van der Waals surface area (Å²) in [6, 6.07) is 9.48. The Kier molecular flexibility index (Phi) is 4.97. The predicted octanol–water partition coefficient (Wildman–Crippen LogP) is 5.36. The number of rotatable bonds is 2. The molecule has 2 unspecified atom stereocenters. The van der Waals surface area contributed by atoms with E-state index in [1.165, 1.54) is 0 Å². The number of hydrogen-bond acceptors (Lipinski definition) is 6. The molecule has 2 aromatic rings. The molecule has 6 nitrogen and oxygen atoms in total. The highest BCUT2D eigenvalue weighted by atomic mass is 16.5. The third-order valence-electron chi connectivity index (χ3n) is 7.35. The molecule has 2 aromatic carbocycles. The normalized spacial score (nSPS) is 23.2. The average molecular weight is 461 g/mol. The minimum Gasteiger partial charge on any atom is -0.507 e. The highest BCUT2D eigenvalue weighted by molar-refractivity contribution is 6.15. The van der Waals surface area contributed by atoms with E-state index in [0.717, 1.165) is 5.56 Å². The molecule has 2 atom stereocenters. The largest absolute Gasteiger partial charge is 0.507 e. The molecule has 1 aliphatic carbocycles. The zero-order chi connectivity index (χ0) is 24.5. The number of Topliss-reactive ketones (excluding diaryl/α,β-unsaturated/α-hetero) is 3. The van der Waals surface area contributed by atoms with E-state index >= 15 is 0 Å². The minimum atomic E-state index is -0.977. The molecule has 1 N–H and O–H groups in total. The molecule has 5 rings (SSSR count). The monoisotopic (exact) mass is 460 g/mol. The highest BCUT2D eigenvalue weighted by Crippen LogP contribution is 2.58. The molecule has 0 radical (unpaired) electrons. The summed E-state index contributed by atoms with van der Waals surface area (Å²) in [6.07, 6.45) is -0.574. The molecule has 0 saturated carbocycles. The molecule has 3 aliphatic rings. The lowest BCUT2D eigenvalue weighted by atomic mass is 9.67. The first-order valence-electron chi connectivity index (χ1n) is 11.7. The molecule has 2 aliphatic heterocycles. The molecule has 0 bridgehead atoms. The van der Waals surface area contributed by atoms with Crippen LogP contribution in [-0.2, 0) is 9.59 Å². The van der Waals surface area contributed by atoms with Gasteiger partial charge in [-0.25, -0.2) is 0 Å². The quantitative estimate of drug-likeness (QED) is 0.607. The van der Waals surface area contributed by atoms with Crippen LogP contribution < -0.4 is 9.47 Å². The van der Waals surface area contributed by atoms with Crippen molar-refractivity contribution in [3.8, 4) is 17.2 Å². The Morgan fingerprint density at radius 1 is 1.03 bits per heavy atom. The van der Waals surface area contributed by atoms with Crippen LogP contribution in [0.15, 0.2) is 41.7 Å². The van der Waals surface area contributed by atoms with E-state index in [4.69, 9.17) is 9.47 Å². The van der Waals surface area contributed by atoms with E-state index in [1.54, 1.807) is 20.8 Å². The maximum absolute atomic E-state index is 13.3. The van der Waals surface area contributed by atoms with Crippen molar-refractivity contribution in [2.45, 2.75) is 59.5 Å². The first-order chi connectivity index (χ1) is 16.0. The van der Waals surface area contributed by atoms with Gasteiger partial charge in [-0.1, -0.05) is 44.2 Å². The van der Waals surface area contributed by atoms with Crippen LogP contribution in [0, 0.1) is 18.3 Å². The van der Waals surface area contributed by atoms with Crippen molar-refractivity contribution in [2.75, 3.05) is 0 Å². The predicted molar refractivity (Wildman–Crippen MR) is 125 cm³/mol. The van der Waals surface area contributed by atoms with E-state index in [1.807, 2.05) is 44.2 Å². The molecule has 0 aromatic heterocycles. The van der Waals surface area contributed by atoms with Crippen molar-refractivity contribution in [3.63, 3.8) is 0 Å². The zero-order valence-electron chi connectivity index (χ0n) is 20.0. The summed E-state index contributed by atoms with van der Waals surface area (Å²) >= 11 is 0. The number of carbonyl (C=O) groups excluding carboxylic acids is 3. The summed E-state index contributed by atoms with van der Waals surface area (Å²) in [6.45, 7) is 9.23. The Labute approximate surface area is 198 Å². The van der Waals surface area contributed by atoms with Crippen LogP contribution in [0.4, 0.5) is 0 Å². The van der Waals surface area contributed by atoms with Crippen molar-refractivity contribution in [1.29, 1.82) is 0 Å². The third-order valence-corrected chi connectivity index (χ3v) is 7.35. The van der Waals surface area contributed by atoms with Crippen molar-refractivity contribution >= 4 is 17.3 Å². The Morgan fingerprint density at radius 2 is 1.71 bits per heavy atom. The molecule has 6 heteroatoms.